The molecule has 0 bridgehead atoms. The number of hydrogen-bond donors (Lipinski definition) is 0. The van der Waals surface area contributed by atoms with Crippen molar-refractivity contribution in [3.63, 3.8) is 0 Å². The molecule has 23 heavy (non-hydrogen) atoms. The summed E-state index contributed by atoms with van der Waals surface area (Å²) < 4.78 is 23.5. The highest BCUT2D eigenvalue weighted by Crippen LogP contribution is 2.26. The summed E-state index contributed by atoms with van der Waals surface area (Å²) >= 11 is 5.89. The first kappa shape index (κ1) is 16.0. The van der Waals surface area contributed by atoms with Crippen LogP contribution in [0.1, 0.15) is 29.2 Å². The lowest BCUT2D eigenvalue weighted by atomic mass is 10.2. The Morgan fingerprint density at radius 2 is 2.00 bits per heavy atom. The van der Waals surface area contributed by atoms with Gasteiger partial charge in [-0.1, -0.05) is 23.7 Å². The third kappa shape index (κ3) is 3.57. The fourth-order valence-corrected chi connectivity index (χ4v) is 3.59. The molecule has 2 atom stereocenters. The van der Waals surface area contributed by atoms with Gasteiger partial charge in [-0.05, 0) is 43.7 Å². The topological polar surface area (TPSA) is 56.2 Å². The number of aryl methyl sites for hydroxylation is 1. The normalized spacial score (nSPS) is 13.9. The van der Waals surface area contributed by atoms with Crippen LogP contribution in [0.3, 0.4) is 0 Å². The van der Waals surface area contributed by atoms with Gasteiger partial charge in [0.05, 0.1) is 23.0 Å². The first-order chi connectivity index (χ1) is 11.0. The number of nitrogens with zero attached hydrogens (tertiary/aromatic N) is 1. The maximum atomic E-state index is 12.6. The van der Waals surface area contributed by atoms with E-state index in [1.54, 1.807) is 30.5 Å². The van der Waals surface area contributed by atoms with E-state index in [1.165, 1.54) is 0 Å². The smallest absolute Gasteiger partial charge is 0.263 e. The Labute approximate surface area is 141 Å². The molecule has 4 nitrogen and oxygen atoms in total. The summed E-state index contributed by atoms with van der Waals surface area (Å²) in [6, 6.07) is 11.0. The van der Waals surface area contributed by atoms with Crippen molar-refractivity contribution in [2.24, 2.45) is 0 Å². The molecule has 0 aliphatic rings. The highest BCUT2D eigenvalue weighted by Gasteiger charge is 2.19. The van der Waals surface area contributed by atoms with Gasteiger partial charge in [0.15, 0.2) is 5.76 Å². The molecule has 3 aromatic rings. The van der Waals surface area contributed by atoms with Crippen molar-refractivity contribution in [3.8, 4) is 11.7 Å². The van der Waals surface area contributed by atoms with Crippen molar-refractivity contribution in [1.82, 2.24) is 4.98 Å². The Bertz CT molecular complexity index is 809. The number of benzene rings is 1. The van der Waals surface area contributed by atoms with Crippen LogP contribution in [-0.2, 0) is 16.6 Å². The quantitative estimate of drug-likeness (QED) is 0.657. The molecule has 6 heteroatoms. The fourth-order valence-electron chi connectivity index (χ4n) is 2.21. The SMILES string of the molecule is Cc1oc(-c2ccco2)nc1C[S@](=O)[C@H](C)c1ccc(Cl)cc1. The van der Waals surface area contributed by atoms with Gasteiger partial charge in [0, 0.05) is 15.8 Å². The molecule has 0 fully saturated rings. The summed E-state index contributed by atoms with van der Waals surface area (Å²) in [4.78, 5) is 4.41. The second kappa shape index (κ2) is 6.72. The summed E-state index contributed by atoms with van der Waals surface area (Å²) in [5.41, 5.74) is 1.68. The van der Waals surface area contributed by atoms with Crippen LogP contribution >= 0.6 is 11.6 Å². The van der Waals surface area contributed by atoms with E-state index in [0.717, 1.165) is 5.56 Å². The molecule has 0 aliphatic carbocycles. The molecule has 1 aromatic carbocycles. The van der Waals surface area contributed by atoms with Crippen molar-refractivity contribution in [2.45, 2.75) is 24.9 Å². The maximum Gasteiger partial charge on any atom is 0.263 e. The summed E-state index contributed by atoms with van der Waals surface area (Å²) in [7, 11) is -1.11. The first-order valence-electron chi connectivity index (χ1n) is 7.17. The van der Waals surface area contributed by atoms with E-state index < -0.39 is 10.8 Å². The van der Waals surface area contributed by atoms with E-state index in [0.29, 0.717) is 33.9 Å². The molecule has 0 N–H and O–H groups in total. The Hall–Kier alpha value is -1.85. The Morgan fingerprint density at radius 1 is 1.26 bits per heavy atom. The number of furan rings is 1. The molecule has 0 amide bonds. The van der Waals surface area contributed by atoms with Gasteiger partial charge in [-0.15, -0.1) is 0 Å². The number of hydrogen-bond acceptors (Lipinski definition) is 4. The molecular formula is C17H16ClNO3S. The van der Waals surface area contributed by atoms with Crippen LogP contribution in [0.15, 0.2) is 51.5 Å². The summed E-state index contributed by atoms with van der Waals surface area (Å²) in [6.45, 7) is 3.75. The van der Waals surface area contributed by atoms with E-state index in [2.05, 4.69) is 4.98 Å². The minimum atomic E-state index is -1.11. The zero-order valence-electron chi connectivity index (χ0n) is 12.8. The number of oxazole rings is 1. The lowest BCUT2D eigenvalue weighted by Gasteiger charge is -2.11. The molecule has 0 saturated carbocycles. The van der Waals surface area contributed by atoms with Gasteiger partial charge in [-0.2, -0.15) is 0 Å². The monoisotopic (exact) mass is 349 g/mol. The van der Waals surface area contributed by atoms with Gasteiger partial charge < -0.3 is 8.83 Å². The summed E-state index contributed by atoms with van der Waals surface area (Å²) in [5, 5.41) is 0.553. The van der Waals surface area contributed by atoms with Gasteiger partial charge in [0.1, 0.15) is 5.76 Å². The van der Waals surface area contributed by atoms with Crippen LogP contribution in [-0.4, -0.2) is 9.19 Å². The number of halogens is 1. The van der Waals surface area contributed by atoms with Gasteiger partial charge >= 0.3 is 0 Å². The number of aromatic nitrogens is 1. The fraction of sp³-hybridized carbons (Fsp3) is 0.235. The van der Waals surface area contributed by atoms with E-state index >= 15 is 0 Å². The zero-order valence-corrected chi connectivity index (χ0v) is 14.4. The minimum Gasteiger partial charge on any atom is -0.459 e. The van der Waals surface area contributed by atoms with E-state index in [1.807, 2.05) is 26.0 Å². The van der Waals surface area contributed by atoms with Crippen LogP contribution in [0, 0.1) is 6.92 Å². The highest BCUT2D eigenvalue weighted by atomic mass is 35.5. The highest BCUT2D eigenvalue weighted by molar-refractivity contribution is 7.84. The Kier molecular flexibility index (Phi) is 4.68. The average Bonchev–Trinajstić information content (AvgIpc) is 3.18. The molecule has 0 spiro atoms. The lowest BCUT2D eigenvalue weighted by molar-refractivity contribution is 0.500. The predicted molar refractivity (Wildman–Crippen MR) is 90.7 cm³/mol. The van der Waals surface area contributed by atoms with E-state index in [4.69, 9.17) is 20.4 Å². The maximum absolute atomic E-state index is 12.6. The third-order valence-electron chi connectivity index (χ3n) is 3.64. The predicted octanol–water partition coefficient (Wildman–Crippen LogP) is 4.91. The van der Waals surface area contributed by atoms with Crippen LogP contribution < -0.4 is 0 Å². The van der Waals surface area contributed by atoms with Crippen molar-refractivity contribution in [3.05, 3.63) is 64.7 Å². The average molecular weight is 350 g/mol. The second-order valence-electron chi connectivity index (χ2n) is 5.22. The minimum absolute atomic E-state index is 0.115. The molecular weight excluding hydrogens is 334 g/mol. The van der Waals surface area contributed by atoms with Crippen molar-refractivity contribution >= 4 is 22.4 Å². The molecule has 2 aromatic heterocycles. The Balaban J connectivity index is 1.76. The second-order valence-corrected chi connectivity index (χ2v) is 7.41. The molecule has 2 heterocycles. The van der Waals surface area contributed by atoms with E-state index in [-0.39, 0.29) is 5.25 Å². The van der Waals surface area contributed by atoms with Crippen molar-refractivity contribution < 1.29 is 13.0 Å². The van der Waals surface area contributed by atoms with Crippen molar-refractivity contribution in [1.29, 1.82) is 0 Å². The van der Waals surface area contributed by atoms with Gasteiger partial charge in [-0.25, -0.2) is 4.98 Å². The molecule has 0 saturated heterocycles. The molecule has 3 rings (SSSR count). The summed E-state index contributed by atoms with van der Waals surface area (Å²) in [6.07, 6.45) is 1.56. The molecule has 120 valence electrons. The number of rotatable bonds is 5. The van der Waals surface area contributed by atoms with Gasteiger partial charge in [0.25, 0.3) is 5.89 Å². The Morgan fingerprint density at radius 3 is 2.65 bits per heavy atom. The van der Waals surface area contributed by atoms with Crippen LogP contribution in [0.25, 0.3) is 11.7 Å². The van der Waals surface area contributed by atoms with Gasteiger partial charge in [0.2, 0.25) is 0 Å². The van der Waals surface area contributed by atoms with E-state index in [9.17, 15) is 4.21 Å². The van der Waals surface area contributed by atoms with Crippen LogP contribution in [0.5, 0.6) is 0 Å². The first-order valence-corrected chi connectivity index (χ1v) is 8.93. The van der Waals surface area contributed by atoms with Crippen molar-refractivity contribution in [2.75, 3.05) is 0 Å². The molecule has 0 aliphatic heterocycles. The zero-order chi connectivity index (χ0) is 16.4. The van der Waals surface area contributed by atoms with Gasteiger partial charge in [-0.3, -0.25) is 4.21 Å². The molecule has 0 unspecified atom stereocenters. The molecule has 0 radical (unpaired) electrons. The largest absolute Gasteiger partial charge is 0.459 e. The summed E-state index contributed by atoms with van der Waals surface area (Å²) in [5.74, 6) is 1.97. The lowest BCUT2D eigenvalue weighted by Crippen LogP contribution is -2.06. The van der Waals surface area contributed by atoms with Crippen LogP contribution in [0.4, 0.5) is 0 Å². The third-order valence-corrected chi connectivity index (χ3v) is 5.51. The standard InChI is InChI=1S/C17H16ClNO3S/c1-11-15(19-17(22-11)16-4-3-9-21-16)10-23(20)12(2)13-5-7-14(18)8-6-13/h3-9,12H,10H2,1-2H3/t12-,23+/m1/s1. The van der Waals surface area contributed by atoms with Crippen LogP contribution in [0.2, 0.25) is 5.02 Å².